The summed E-state index contributed by atoms with van der Waals surface area (Å²) in [6.07, 6.45) is 1.25. The molecule has 0 aliphatic heterocycles. The van der Waals surface area contributed by atoms with Gasteiger partial charge in [0.05, 0.1) is 22.9 Å². The van der Waals surface area contributed by atoms with E-state index < -0.39 is 0 Å². The molecule has 0 bridgehead atoms. The molecule has 2 aromatic rings. The van der Waals surface area contributed by atoms with E-state index in [1.54, 1.807) is 11.3 Å². The van der Waals surface area contributed by atoms with Crippen LogP contribution in [0.3, 0.4) is 0 Å². The van der Waals surface area contributed by atoms with Gasteiger partial charge in [0.2, 0.25) is 0 Å². The van der Waals surface area contributed by atoms with Crippen LogP contribution in [-0.4, -0.2) is 24.1 Å². The van der Waals surface area contributed by atoms with Crippen molar-refractivity contribution in [1.29, 1.82) is 0 Å². The van der Waals surface area contributed by atoms with Crippen molar-refractivity contribution in [2.75, 3.05) is 13.2 Å². The molecular formula is C15H20N2O2S. The number of esters is 1. The van der Waals surface area contributed by atoms with E-state index in [9.17, 15) is 4.79 Å². The molecule has 108 valence electrons. The molecule has 0 aliphatic rings. The summed E-state index contributed by atoms with van der Waals surface area (Å²) < 4.78 is 6.11. The zero-order valence-electron chi connectivity index (χ0n) is 11.9. The van der Waals surface area contributed by atoms with E-state index in [4.69, 9.17) is 4.74 Å². The van der Waals surface area contributed by atoms with Gasteiger partial charge in [-0.05, 0) is 38.9 Å². The van der Waals surface area contributed by atoms with Gasteiger partial charge < -0.3 is 10.1 Å². The number of hydrogen-bond acceptors (Lipinski definition) is 5. The van der Waals surface area contributed by atoms with Crippen LogP contribution in [0.4, 0.5) is 0 Å². The second-order valence-electron chi connectivity index (χ2n) is 4.60. The number of benzene rings is 1. The number of ether oxygens (including phenoxy) is 1. The lowest BCUT2D eigenvalue weighted by Gasteiger charge is -2.10. The fourth-order valence-corrected chi connectivity index (χ4v) is 2.94. The monoisotopic (exact) mass is 292 g/mol. The molecule has 0 radical (unpaired) electrons. The molecule has 0 fully saturated rings. The van der Waals surface area contributed by atoms with Gasteiger partial charge in [-0.25, -0.2) is 4.98 Å². The lowest BCUT2D eigenvalue weighted by Crippen LogP contribution is -2.20. The minimum absolute atomic E-state index is 0.123. The molecule has 0 saturated carbocycles. The van der Waals surface area contributed by atoms with E-state index >= 15 is 0 Å². The number of carbonyl (C=O) groups excluding carboxylic acids is 1. The molecule has 0 aliphatic carbocycles. The van der Waals surface area contributed by atoms with Crippen LogP contribution in [0.25, 0.3) is 10.2 Å². The summed E-state index contributed by atoms with van der Waals surface area (Å²) >= 11 is 1.71. The quantitative estimate of drug-likeness (QED) is 0.628. The van der Waals surface area contributed by atoms with Crippen molar-refractivity contribution < 1.29 is 9.53 Å². The number of rotatable bonds is 7. The summed E-state index contributed by atoms with van der Waals surface area (Å²) in [7, 11) is 0. The molecule has 1 heterocycles. The van der Waals surface area contributed by atoms with Crippen LogP contribution in [0.15, 0.2) is 24.3 Å². The molecule has 20 heavy (non-hydrogen) atoms. The standard InChI is InChI=1S/C15H20N2O2S/c1-3-19-14(18)9-6-10-16-11(2)15-17-12-7-4-5-8-13(12)20-15/h4-5,7-8,11,16H,3,6,9-10H2,1-2H3. The van der Waals surface area contributed by atoms with E-state index in [-0.39, 0.29) is 12.0 Å². The number of carbonyl (C=O) groups is 1. The van der Waals surface area contributed by atoms with E-state index in [1.165, 1.54) is 4.70 Å². The van der Waals surface area contributed by atoms with Crippen molar-refractivity contribution >= 4 is 27.5 Å². The Bertz CT molecular complexity index is 535. The second-order valence-corrected chi connectivity index (χ2v) is 5.67. The van der Waals surface area contributed by atoms with Crippen molar-refractivity contribution in [2.24, 2.45) is 0 Å². The van der Waals surface area contributed by atoms with Crippen LogP contribution in [-0.2, 0) is 9.53 Å². The van der Waals surface area contributed by atoms with Crippen molar-refractivity contribution in [3.05, 3.63) is 29.3 Å². The lowest BCUT2D eigenvalue weighted by atomic mass is 10.3. The molecule has 1 aromatic carbocycles. The van der Waals surface area contributed by atoms with Crippen molar-refractivity contribution in [2.45, 2.75) is 32.7 Å². The normalized spacial score (nSPS) is 12.5. The third-order valence-corrected chi connectivity index (χ3v) is 4.21. The number of thiazole rings is 1. The van der Waals surface area contributed by atoms with Crippen molar-refractivity contribution in [3.8, 4) is 0 Å². The molecule has 1 unspecified atom stereocenters. The van der Waals surface area contributed by atoms with Gasteiger partial charge in [0.15, 0.2) is 0 Å². The molecule has 0 spiro atoms. The summed E-state index contributed by atoms with van der Waals surface area (Å²) in [4.78, 5) is 15.8. The van der Waals surface area contributed by atoms with Gasteiger partial charge in [-0.3, -0.25) is 4.79 Å². The Balaban J connectivity index is 1.80. The number of nitrogens with zero attached hydrogens (tertiary/aromatic N) is 1. The third-order valence-electron chi connectivity index (χ3n) is 2.99. The zero-order valence-corrected chi connectivity index (χ0v) is 12.7. The minimum atomic E-state index is -0.123. The Hall–Kier alpha value is -1.46. The fraction of sp³-hybridized carbons (Fsp3) is 0.467. The molecule has 1 aromatic heterocycles. The topological polar surface area (TPSA) is 51.2 Å². The largest absolute Gasteiger partial charge is 0.466 e. The van der Waals surface area contributed by atoms with Gasteiger partial charge >= 0.3 is 5.97 Å². The molecule has 5 heteroatoms. The van der Waals surface area contributed by atoms with Crippen molar-refractivity contribution in [1.82, 2.24) is 10.3 Å². The second kappa shape index (κ2) is 7.36. The molecular weight excluding hydrogens is 272 g/mol. The first-order valence-corrected chi connectivity index (χ1v) is 7.77. The maximum absolute atomic E-state index is 11.2. The van der Waals surface area contributed by atoms with E-state index in [0.717, 1.165) is 23.5 Å². The van der Waals surface area contributed by atoms with E-state index in [2.05, 4.69) is 23.3 Å². The van der Waals surface area contributed by atoms with Crippen LogP contribution < -0.4 is 5.32 Å². The Morgan fingerprint density at radius 2 is 2.25 bits per heavy atom. The van der Waals surface area contributed by atoms with E-state index in [0.29, 0.717) is 13.0 Å². The number of fused-ring (bicyclic) bond motifs is 1. The Kier molecular flexibility index (Phi) is 5.49. The lowest BCUT2D eigenvalue weighted by molar-refractivity contribution is -0.143. The molecule has 0 saturated heterocycles. The molecule has 0 amide bonds. The summed E-state index contributed by atoms with van der Waals surface area (Å²) in [5.74, 6) is -0.123. The van der Waals surface area contributed by atoms with Gasteiger partial charge in [-0.2, -0.15) is 0 Å². The summed E-state index contributed by atoms with van der Waals surface area (Å²) in [6, 6.07) is 8.35. The first kappa shape index (κ1) is 14.9. The highest BCUT2D eigenvalue weighted by atomic mass is 32.1. The Morgan fingerprint density at radius 1 is 1.45 bits per heavy atom. The molecule has 1 atom stereocenters. The van der Waals surface area contributed by atoms with Gasteiger partial charge in [0.25, 0.3) is 0 Å². The summed E-state index contributed by atoms with van der Waals surface area (Å²) in [5.41, 5.74) is 1.05. The van der Waals surface area contributed by atoms with Gasteiger partial charge in [0.1, 0.15) is 5.01 Å². The number of hydrogen-bond donors (Lipinski definition) is 1. The Labute approximate surface area is 123 Å². The highest BCUT2D eigenvalue weighted by molar-refractivity contribution is 7.18. The van der Waals surface area contributed by atoms with Crippen molar-refractivity contribution in [3.63, 3.8) is 0 Å². The van der Waals surface area contributed by atoms with E-state index in [1.807, 2.05) is 25.1 Å². The number of nitrogens with one attached hydrogen (secondary N) is 1. The SMILES string of the molecule is CCOC(=O)CCCNC(C)c1nc2ccccc2s1. The van der Waals surface area contributed by atoms with Crippen LogP contribution in [0.2, 0.25) is 0 Å². The average molecular weight is 292 g/mol. The molecule has 4 nitrogen and oxygen atoms in total. The summed E-state index contributed by atoms with van der Waals surface area (Å²) in [5, 5.41) is 4.48. The predicted octanol–water partition coefficient (Wildman–Crippen LogP) is 3.29. The zero-order chi connectivity index (χ0) is 14.4. The first-order chi connectivity index (χ1) is 9.70. The maximum Gasteiger partial charge on any atom is 0.305 e. The molecule has 2 rings (SSSR count). The van der Waals surface area contributed by atoms with Gasteiger partial charge in [0, 0.05) is 6.42 Å². The minimum Gasteiger partial charge on any atom is -0.466 e. The van der Waals surface area contributed by atoms with Gasteiger partial charge in [-0.15, -0.1) is 11.3 Å². The smallest absolute Gasteiger partial charge is 0.305 e. The fourth-order valence-electron chi connectivity index (χ4n) is 1.95. The van der Waals surface area contributed by atoms with Gasteiger partial charge in [-0.1, -0.05) is 12.1 Å². The average Bonchev–Trinajstić information content (AvgIpc) is 2.87. The third kappa shape index (κ3) is 4.02. The van der Waals surface area contributed by atoms with Crippen LogP contribution in [0.1, 0.15) is 37.7 Å². The Morgan fingerprint density at radius 3 is 3.00 bits per heavy atom. The molecule has 1 N–H and O–H groups in total. The first-order valence-electron chi connectivity index (χ1n) is 6.95. The van der Waals surface area contributed by atoms with Crippen LogP contribution >= 0.6 is 11.3 Å². The summed E-state index contributed by atoms with van der Waals surface area (Å²) in [6.45, 7) is 5.16. The number of aromatic nitrogens is 1. The van der Waals surface area contributed by atoms with Crippen LogP contribution in [0.5, 0.6) is 0 Å². The predicted molar refractivity (Wildman–Crippen MR) is 81.9 cm³/mol. The maximum atomic E-state index is 11.2. The number of para-hydroxylation sites is 1. The van der Waals surface area contributed by atoms with Crippen LogP contribution in [0, 0.1) is 0 Å². The highest BCUT2D eigenvalue weighted by Gasteiger charge is 2.10. The highest BCUT2D eigenvalue weighted by Crippen LogP contribution is 2.25.